The summed E-state index contributed by atoms with van der Waals surface area (Å²) in [6.45, 7) is 0.976. The molecule has 2 aromatic rings. The molecule has 0 bridgehead atoms. The van der Waals surface area contributed by atoms with Crippen LogP contribution in [0.15, 0.2) is 29.1 Å². The average Bonchev–Trinajstić information content (AvgIpc) is 2.58. The van der Waals surface area contributed by atoms with Crippen LogP contribution in [0.25, 0.3) is 5.52 Å². The number of halogens is 1. The van der Waals surface area contributed by atoms with Crippen LogP contribution in [0.3, 0.4) is 0 Å². The summed E-state index contributed by atoms with van der Waals surface area (Å²) in [7, 11) is 1.96. The molecule has 1 N–H and O–H groups in total. The predicted octanol–water partition coefficient (Wildman–Crippen LogP) is 1.86. The lowest BCUT2D eigenvalue weighted by atomic mass is 10.2. The third kappa shape index (κ3) is 1.67. The maximum Gasteiger partial charge on any atom is 0.181 e. The molecule has 0 saturated heterocycles. The lowest BCUT2D eigenvalue weighted by molar-refractivity contribution is 0.764. The second kappa shape index (κ2) is 4.11. The number of hydrogen-bond acceptors (Lipinski definition) is 2. The second-order valence-corrected chi connectivity index (χ2v) is 3.87. The van der Waals surface area contributed by atoms with E-state index >= 15 is 0 Å². The molecule has 0 atom stereocenters. The molecule has 14 heavy (non-hydrogen) atoms. The summed E-state index contributed by atoms with van der Waals surface area (Å²) in [5.74, 6) is 0. The zero-order valence-electron chi connectivity index (χ0n) is 8.00. The van der Waals surface area contributed by atoms with Crippen molar-refractivity contribution in [3.8, 4) is 0 Å². The highest BCUT2D eigenvalue weighted by molar-refractivity contribution is 9.10. The van der Waals surface area contributed by atoms with Crippen molar-refractivity contribution in [2.24, 2.45) is 0 Å². The molecular weight excluding hydrogens is 242 g/mol. The first-order chi connectivity index (χ1) is 6.83. The van der Waals surface area contributed by atoms with Crippen molar-refractivity contribution < 1.29 is 0 Å². The summed E-state index contributed by atoms with van der Waals surface area (Å²) >= 11 is 3.44. The molecule has 74 valence electrons. The zero-order chi connectivity index (χ0) is 9.97. The first kappa shape index (κ1) is 9.68. The highest BCUT2D eigenvalue weighted by Crippen LogP contribution is 2.15. The van der Waals surface area contributed by atoms with E-state index in [9.17, 15) is 0 Å². The normalized spacial score (nSPS) is 11.0. The maximum atomic E-state index is 4.22. The van der Waals surface area contributed by atoms with Crippen LogP contribution in [-0.4, -0.2) is 23.0 Å². The molecule has 2 heterocycles. The molecule has 0 radical (unpaired) electrons. The van der Waals surface area contributed by atoms with Gasteiger partial charge in [0.15, 0.2) is 4.73 Å². The van der Waals surface area contributed by atoms with E-state index < -0.39 is 0 Å². The van der Waals surface area contributed by atoms with Crippen LogP contribution >= 0.6 is 15.9 Å². The van der Waals surface area contributed by atoms with E-state index in [0.717, 1.165) is 23.2 Å². The van der Waals surface area contributed by atoms with E-state index in [0.29, 0.717) is 0 Å². The summed E-state index contributed by atoms with van der Waals surface area (Å²) in [5, 5.41) is 3.14. The Bertz CT molecular complexity index is 436. The molecule has 0 aromatic carbocycles. The number of nitrogens with zero attached hydrogens (tertiary/aromatic N) is 2. The summed E-state index contributed by atoms with van der Waals surface area (Å²) in [6, 6.07) is 6.24. The largest absolute Gasteiger partial charge is 0.319 e. The van der Waals surface area contributed by atoms with Gasteiger partial charge in [-0.05, 0) is 35.1 Å². The van der Waals surface area contributed by atoms with Crippen LogP contribution in [0.2, 0.25) is 0 Å². The Hall–Kier alpha value is -0.870. The number of nitrogens with one attached hydrogen (secondary N) is 1. The van der Waals surface area contributed by atoms with E-state index in [1.54, 1.807) is 0 Å². The van der Waals surface area contributed by atoms with Gasteiger partial charge in [0.25, 0.3) is 0 Å². The Morgan fingerprint density at radius 3 is 3.14 bits per heavy atom. The zero-order valence-corrected chi connectivity index (χ0v) is 9.58. The number of likely N-dealkylation sites (N-methyl/N-ethyl adjacent to an activating group) is 1. The fourth-order valence-electron chi connectivity index (χ4n) is 1.52. The minimum absolute atomic E-state index is 0.874. The second-order valence-electron chi connectivity index (χ2n) is 3.16. The van der Waals surface area contributed by atoms with Gasteiger partial charge in [0.1, 0.15) is 0 Å². The van der Waals surface area contributed by atoms with Crippen LogP contribution in [0.5, 0.6) is 0 Å². The van der Waals surface area contributed by atoms with Gasteiger partial charge in [-0.1, -0.05) is 6.07 Å². The van der Waals surface area contributed by atoms with Gasteiger partial charge in [-0.2, -0.15) is 0 Å². The SMILES string of the molecule is CNCCc1cccc2cnc(Br)n12. The summed E-state index contributed by atoms with van der Waals surface area (Å²) in [4.78, 5) is 4.22. The van der Waals surface area contributed by atoms with Crippen LogP contribution in [0.1, 0.15) is 5.69 Å². The van der Waals surface area contributed by atoms with Crippen molar-refractivity contribution in [3.05, 3.63) is 34.8 Å². The third-order valence-electron chi connectivity index (χ3n) is 2.22. The van der Waals surface area contributed by atoms with Crippen molar-refractivity contribution >= 4 is 21.4 Å². The topological polar surface area (TPSA) is 29.3 Å². The number of imidazole rings is 1. The summed E-state index contributed by atoms with van der Waals surface area (Å²) in [5.41, 5.74) is 2.40. The molecule has 0 aliphatic heterocycles. The maximum absolute atomic E-state index is 4.22. The van der Waals surface area contributed by atoms with Gasteiger partial charge in [0.2, 0.25) is 0 Å². The highest BCUT2D eigenvalue weighted by Gasteiger charge is 2.03. The van der Waals surface area contributed by atoms with E-state index in [1.807, 2.05) is 13.2 Å². The summed E-state index contributed by atoms with van der Waals surface area (Å²) in [6.07, 6.45) is 2.87. The van der Waals surface area contributed by atoms with Crippen molar-refractivity contribution in [1.82, 2.24) is 14.7 Å². The number of rotatable bonds is 3. The van der Waals surface area contributed by atoms with Crippen LogP contribution in [0.4, 0.5) is 0 Å². The minimum atomic E-state index is 0.874. The highest BCUT2D eigenvalue weighted by atomic mass is 79.9. The Labute approximate surface area is 91.3 Å². The van der Waals surface area contributed by atoms with Crippen LogP contribution in [0, 0.1) is 0 Å². The van der Waals surface area contributed by atoms with Gasteiger partial charge in [-0.25, -0.2) is 4.98 Å². The molecule has 0 aliphatic rings. The van der Waals surface area contributed by atoms with Crippen molar-refractivity contribution in [2.45, 2.75) is 6.42 Å². The number of pyridine rings is 1. The van der Waals surface area contributed by atoms with Crippen molar-refractivity contribution in [3.63, 3.8) is 0 Å². The van der Waals surface area contributed by atoms with E-state index in [2.05, 4.69) is 48.8 Å². The van der Waals surface area contributed by atoms with Gasteiger partial charge < -0.3 is 5.32 Å². The van der Waals surface area contributed by atoms with Gasteiger partial charge >= 0.3 is 0 Å². The lowest BCUT2D eigenvalue weighted by Crippen LogP contribution is -2.12. The Balaban J connectivity index is 2.46. The Kier molecular flexibility index (Phi) is 2.84. The molecule has 0 fully saturated rings. The molecule has 2 rings (SSSR count). The Morgan fingerprint density at radius 1 is 1.50 bits per heavy atom. The van der Waals surface area contributed by atoms with Crippen LogP contribution < -0.4 is 5.32 Å². The first-order valence-corrected chi connectivity index (χ1v) is 5.37. The molecule has 2 aromatic heterocycles. The van der Waals surface area contributed by atoms with Crippen molar-refractivity contribution in [2.75, 3.05) is 13.6 Å². The van der Waals surface area contributed by atoms with Crippen LogP contribution in [-0.2, 0) is 6.42 Å². The van der Waals surface area contributed by atoms with E-state index in [4.69, 9.17) is 0 Å². The molecule has 0 saturated carbocycles. The number of hydrogen-bond donors (Lipinski definition) is 1. The fraction of sp³-hybridized carbons (Fsp3) is 0.300. The van der Waals surface area contributed by atoms with E-state index in [-0.39, 0.29) is 0 Å². The molecule has 0 unspecified atom stereocenters. The monoisotopic (exact) mass is 253 g/mol. The van der Waals surface area contributed by atoms with Crippen molar-refractivity contribution in [1.29, 1.82) is 0 Å². The molecule has 0 aliphatic carbocycles. The fourth-order valence-corrected chi connectivity index (χ4v) is 2.06. The van der Waals surface area contributed by atoms with Gasteiger partial charge in [-0.3, -0.25) is 4.40 Å². The molecular formula is C10H12BrN3. The number of aromatic nitrogens is 2. The van der Waals surface area contributed by atoms with Gasteiger partial charge in [0.05, 0.1) is 11.7 Å². The molecule has 0 spiro atoms. The first-order valence-electron chi connectivity index (χ1n) is 4.58. The quantitative estimate of drug-likeness (QED) is 0.905. The summed E-state index contributed by atoms with van der Waals surface area (Å²) < 4.78 is 3.00. The smallest absolute Gasteiger partial charge is 0.181 e. The molecule has 0 amide bonds. The predicted molar refractivity (Wildman–Crippen MR) is 60.5 cm³/mol. The Morgan fingerprint density at radius 2 is 2.36 bits per heavy atom. The minimum Gasteiger partial charge on any atom is -0.319 e. The van der Waals surface area contributed by atoms with Gasteiger partial charge in [-0.15, -0.1) is 0 Å². The third-order valence-corrected chi connectivity index (χ3v) is 2.78. The standard InChI is InChI=1S/C10H12BrN3/c1-12-6-5-8-3-2-4-9-7-13-10(11)14(8)9/h2-4,7,12H,5-6H2,1H3. The van der Waals surface area contributed by atoms with Gasteiger partial charge in [0, 0.05) is 18.7 Å². The average molecular weight is 254 g/mol. The van der Waals surface area contributed by atoms with E-state index in [1.165, 1.54) is 5.69 Å². The number of fused-ring (bicyclic) bond motifs is 1. The molecule has 4 heteroatoms. The lowest BCUT2D eigenvalue weighted by Gasteiger charge is -2.05. The molecule has 3 nitrogen and oxygen atoms in total.